The van der Waals surface area contributed by atoms with E-state index < -0.39 is 0 Å². The Morgan fingerprint density at radius 3 is 2.72 bits per heavy atom. The molecule has 0 atom stereocenters. The van der Waals surface area contributed by atoms with Gasteiger partial charge in [0.2, 0.25) is 4.80 Å². The summed E-state index contributed by atoms with van der Waals surface area (Å²) in [6.45, 7) is 0. The molecule has 6 nitrogen and oxygen atoms in total. The van der Waals surface area contributed by atoms with Crippen LogP contribution in [0.25, 0.3) is 11.5 Å². The average molecular weight is 470 g/mol. The molecule has 29 heavy (non-hydrogen) atoms. The lowest BCUT2D eigenvalue weighted by molar-refractivity contribution is 0.372. The molecule has 0 spiro atoms. The first-order valence-corrected chi connectivity index (χ1v) is 10.3. The Labute approximate surface area is 179 Å². The first kappa shape index (κ1) is 19.2. The van der Waals surface area contributed by atoms with Gasteiger partial charge in [0.1, 0.15) is 5.69 Å². The molecule has 2 aromatic heterocycles. The van der Waals surface area contributed by atoms with E-state index in [2.05, 4.69) is 21.0 Å². The van der Waals surface area contributed by atoms with Crippen molar-refractivity contribution in [2.45, 2.75) is 0 Å². The van der Waals surface area contributed by atoms with Gasteiger partial charge in [-0.05, 0) is 57.9 Å². The van der Waals surface area contributed by atoms with Crippen molar-refractivity contribution in [1.29, 1.82) is 0 Å². The van der Waals surface area contributed by atoms with Crippen LogP contribution in [0.15, 0.2) is 85.2 Å². The highest BCUT2D eigenvalue weighted by atomic mass is 79.9. The Morgan fingerprint density at radius 1 is 1.17 bits per heavy atom. The fourth-order valence-electron chi connectivity index (χ4n) is 2.64. The molecule has 0 bridgehead atoms. The number of methoxy groups -OCH3 is 1. The predicted molar refractivity (Wildman–Crippen MR) is 117 cm³/mol. The first-order chi connectivity index (χ1) is 14.2. The van der Waals surface area contributed by atoms with Gasteiger partial charge in [-0.2, -0.15) is 5.10 Å². The van der Waals surface area contributed by atoms with E-state index in [-0.39, 0.29) is 5.75 Å². The maximum absolute atomic E-state index is 10.0. The number of thiazole rings is 1. The first-order valence-electron chi connectivity index (χ1n) is 8.61. The van der Waals surface area contributed by atoms with Crippen LogP contribution in [0.5, 0.6) is 11.5 Å². The molecule has 2 aromatic carbocycles. The number of para-hydroxylation sites is 1. The van der Waals surface area contributed by atoms with Crippen molar-refractivity contribution in [3.8, 4) is 23.0 Å². The van der Waals surface area contributed by atoms with E-state index in [1.807, 2.05) is 47.8 Å². The summed E-state index contributed by atoms with van der Waals surface area (Å²) in [5.74, 6) is 1.10. The smallest absolute Gasteiger partial charge is 0.211 e. The summed E-state index contributed by atoms with van der Waals surface area (Å²) < 4.78 is 13.0. The quantitative estimate of drug-likeness (QED) is 0.397. The summed E-state index contributed by atoms with van der Waals surface area (Å²) in [6.07, 6.45) is 3.30. The van der Waals surface area contributed by atoms with Gasteiger partial charge in [0.25, 0.3) is 0 Å². The monoisotopic (exact) mass is 469 g/mol. The van der Waals surface area contributed by atoms with Gasteiger partial charge in [0.05, 0.1) is 29.7 Å². The molecule has 0 aliphatic heterocycles. The third kappa shape index (κ3) is 4.18. The standard InChI is InChI=1S/C21H16BrN3O3S/c1-27-19-11-14(10-16(22)20(19)26)12-23-25-17(18-8-5-9-28-18)13-29-21(25)24-15-6-3-2-4-7-15/h2-13,26H,1H3. The van der Waals surface area contributed by atoms with Crippen molar-refractivity contribution in [2.24, 2.45) is 10.1 Å². The molecular formula is C21H16BrN3O3S. The molecule has 0 aliphatic carbocycles. The van der Waals surface area contributed by atoms with Crippen LogP contribution in [0.3, 0.4) is 0 Å². The number of aromatic hydroxyl groups is 1. The highest BCUT2D eigenvalue weighted by molar-refractivity contribution is 9.10. The minimum absolute atomic E-state index is 0.0453. The minimum atomic E-state index is 0.0453. The third-order valence-electron chi connectivity index (χ3n) is 4.03. The van der Waals surface area contributed by atoms with Crippen LogP contribution >= 0.6 is 27.3 Å². The van der Waals surface area contributed by atoms with Crippen LogP contribution in [0, 0.1) is 0 Å². The van der Waals surface area contributed by atoms with Crippen LogP contribution in [0.2, 0.25) is 0 Å². The molecule has 146 valence electrons. The number of benzene rings is 2. The van der Waals surface area contributed by atoms with Crippen molar-refractivity contribution in [3.63, 3.8) is 0 Å². The Balaban J connectivity index is 1.82. The lowest BCUT2D eigenvalue weighted by Gasteiger charge is -2.06. The summed E-state index contributed by atoms with van der Waals surface area (Å²) in [7, 11) is 1.50. The lowest BCUT2D eigenvalue weighted by Crippen LogP contribution is -2.11. The van der Waals surface area contributed by atoms with Gasteiger partial charge in [-0.15, -0.1) is 11.3 Å². The summed E-state index contributed by atoms with van der Waals surface area (Å²) in [5, 5.41) is 16.6. The van der Waals surface area contributed by atoms with Crippen LogP contribution in [0.4, 0.5) is 5.69 Å². The van der Waals surface area contributed by atoms with E-state index in [0.717, 1.165) is 16.9 Å². The maximum atomic E-state index is 10.0. The van der Waals surface area contributed by atoms with Gasteiger partial charge < -0.3 is 14.3 Å². The molecule has 0 unspecified atom stereocenters. The molecule has 0 saturated heterocycles. The molecule has 0 fully saturated rings. The van der Waals surface area contributed by atoms with Crippen molar-refractivity contribution in [2.75, 3.05) is 7.11 Å². The number of hydrogen-bond acceptors (Lipinski definition) is 6. The molecular weight excluding hydrogens is 454 g/mol. The van der Waals surface area contributed by atoms with E-state index in [9.17, 15) is 5.11 Å². The largest absolute Gasteiger partial charge is 0.503 e. The topological polar surface area (TPSA) is 72.2 Å². The van der Waals surface area contributed by atoms with E-state index in [1.54, 1.807) is 29.3 Å². The molecule has 4 aromatic rings. The molecule has 2 heterocycles. The van der Waals surface area contributed by atoms with Gasteiger partial charge in [0, 0.05) is 5.38 Å². The van der Waals surface area contributed by atoms with Gasteiger partial charge in [0.15, 0.2) is 17.3 Å². The van der Waals surface area contributed by atoms with Crippen molar-refractivity contribution in [1.82, 2.24) is 4.68 Å². The number of aromatic nitrogens is 1. The number of ether oxygens (including phenoxy) is 1. The second-order valence-corrected chi connectivity index (χ2v) is 7.63. The molecule has 0 aliphatic rings. The number of nitrogens with zero attached hydrogens (tertiary/aromatic N) is 3. The van der Waals surface area contributed by atoms with E-state index in [1.165, 1.54) is 18.4 Å². The van der Waals surface area contributed by atoms with Gasteiger partial charge >= 0.3 is 0 Å². The molecule has 0 radical (unpaired) electrons. The maximum Gasteiger partial charge on any atom is 0.211 e. The Kier molecular flexibility index (Phi) is 5.64. The molecule has 4 rings (SSSR count). The Morgan fingerprint density at radius 2 is 2.00 bits per heavy atom. The zero-order chi connectivity index (χ0) is 20.2. The Bertz CT molecular complexity index is 1210. The van der Waals surface area contributed by atoms with E-state index in [0.29, 0.717) is 20.8 Å². The zero-order valence-corrected chi connectivity index (χ0v) is 17.7. The summed E-state index contributed by atoms with van der Waals surface area (Å²) in [4.78, 5) is 5.40. The highest BCUT2D eigenvalue weighted by Gasteiger charge is 2.11. The van der Waals surface area contributed by atoms with Crippen molar-refractivity contribution >= 4 is 39.2 Å². The van der Waals surface area contributed by atoms with Crippen molar-refractivity contribution in [3.05, 3.63) is 81.1 Å². The molecule has 0 amide bonds. The molecule has 8 heteroatoms. The fourth-order valence-corrected chi connectivity index (χ4v) is 3.94. The fraction of sp³-hybridized carbons (Fsp3) is 0.0476. The van der Waals surface area contributed by atoms with E-state index >= 15 is 0 Å². The number of halogens is 1. The van der Waals surface area contributed by atoms with Crippen LogP contribution in [-0.2, 0) is 0 Å². The SMILES string of the molecule is COc1cc(C=Nn2c(-c3ccco3)csc2=Nc2ccccc2)cc(Br)c1O. The normalized spacial score (nSPS) is 12.0. The number of phenolic OH excluding ortho intramolecular Hbond substituents is 1. The third-order valence-corrected chi connectivity index (χ3v) is 5.45. The van der Waals surface area contributed by atoms with Crippen molar-refractivity contribution < 1.29 is 14.3 Å². The minimum Gasteiger partial charge on any atom is -0.503 e. The van der Waals surface area contributed by atoms with Crippen LogP contribution < -0.4 is 9.54 Å². The number of hydrogen-bond donors (Lipinski definition) is 1. The average Bonchev–Trinajstić information content (AvgIpc) is 3.39. The van der Waals surface area contributed by atoms with Crippen LogP contribution in [0.1, 0.15) is 5.56 Å². The van der Waals surface area contributed by atoms with Crippen LogP contribution in [-0.4, -0.2) is 23.1 Å². The number of phenols is 1. The van der Waals surface area contributed by atoms with Gasteiger partial charge in [-0.25, -0.2) is 9.67 Å². The van der Waals surface area contributed by atoms with Gasteiger partial charge in [-0.3, -0.25) is 0 Å². The molecule has 1 N–H and O–H groups in total. The van der Waals surface area contributed by atoms with E-state index in [4.69, 9.17) is 14.1 Å². The Hall–Kier alpha value is -3.10. The predicted octanol–water partition coefficient (Wildman–Crippen LogP) is 5.40. The summed E-state index contributed by atoms with van der Waals surface area (Å²) >= 11 is 4.80. The second kappa shape index (κ2) is 8.50. The summed E-state index contributed by atoms with van der Waals surface area (Å²) in [6, 6.07) is 16.9. The number of furan rings is 1. The summed E-state index contributed by atoms with van der Waals surface area (Å²) in [5.41, 5.74) is 2.37. The highest BCUT2D eigenvalue weighted by Crippen LogP contribution is 2.34. The number of rotatable bonds is 5. The second-order valence-electron chi connectivity index (χ2n) is 5.94. The zero-order valence-electron chi connectivity index (χ0n) is 15.3. The van der Waals surface area contributed by atoms with Gasteiger partial charge in [-0.1, -0.05) is 18.2 Å². The molecule has 0 saturated carbocycles. The lowest BCUT2D eigenvalue weighted by atomic mass is 10.2.